The van der Waals surface area contributed by atoms with E-state index in [0.29, 0.717) is 38.2 Å². The lowest BCUT2D eigenvalue weighted by Gasteiger charge is -2.21. The number of rotatable bonds is 5. The van der Waals surface area contributed by atoms with Crippen LogP contribution in [-0.2, 0) is 9.63 Å². The summed E-state index contributed by atoms with van der Waals surface area (Å²) in [6.07, 6.45) is 2.44. The quantitative estimate of drug-likeness (QED) is 0.853. The third kappa shape index (κ3) is 3.62. The number of nitrogens with zero attached hydrogens (tertiary/aromatic N) is 3. The molecule has 1 fully saturated rings. The zero-order chi connectivity index (χ0) is 19.6. The zero-order valence-electron chi connectivity index (χ0n) is 15.6. The van der Waals surface area contributed by atoms with Crippen LogP contribution in [0, 0.1) is 0 Å². The molecule has 2 atom stereocenters. The number of aromatic nitrogens is 1. The number of hydrogen-bond acceptors (Lipinski definition) is 6. The Kier molecular flexibility index (Phi) is 4.85. The molecule has 2 aliphatic rings. The van der Waals surface area contributed by atoms with Crippen molar-refractivity contribution in [1.29, 1.82) is 0 Å². The van der Waals surface area contributed by atoms with Gasteiger partial charge in [0.1, 0.15) is 5.71 Å². The Morgan fingerprint density at radius 3 is 2.86 bits per heavy atom. The highest BCUT2D eigenvalue weighted by Gasteiger charge is 2.48. The van der Waals surface area contributed by atoms with E-state index in [-0.39, 0.29) is 23.5 Å². The summed E-state index contributed by atoms with van der Waals surface area (Å²) in [5, 5.41) is 10.5. The van der Waals surface area contributed by atoms with Crippen LogP contribution in [0.5, 0.6) is 0 Å². The van der Waals surface area contributed by atoms with Crippen LogP contribution in [0.1, 0.15) is 41.8 Å². The Morgan fingerprint density at radius 1 is 1.29 bits per heavy atom. The number of nitrogens with one attached hydrogen (secondary N) is 1. The minimum atomic E-state index is -0.632. The van der Waals surface area contributed by atoms with Crippen molar-refractivity contribution in [2.45, 2.75) is 31.3 Å². The second-order valence-corrected chi connectivity index (χ2v) is 7.36. The molecule has 3 heterocycles. The van der Waals surface area contributed by atoms with E-state index in [4.69, 9.17) is 9.36 Å². The summed E-state index contributed by atoms with van der Waals surface area (Å²) in [4.78, 5) is 32.2. The number of carbonyl (C=O) groups is 2. The maximum absolute atomic E-state index is 12.5. The van der Waals surface area contributed by atoms with Gasteiger partial charge in [-0.3, -0.25) is 9.59 Å². The number of oxime groups is 1. The summed E-state index contributed by atoms with van der Waals surface area (Å²) in [6.45, 7) is 3.47. The Balaban J connectivity index is 1.30. The fraction of sp³-hybridized carbons (Fsp3) is 0.400. The van der Waals surface area contributed by atoms with Gasteiger partial charge in [0.05, 0.1) is 12.7 Å². The molecule has 0 saturated carbocycles. The maximum atomic E-state index is 12.5. The van der Waals surface area contributed by atoms with Gasteiger partial charge in [0.2, 0.25) is 5.76 Å². The van der Waals surface area contributed by atoms with Gasteiger partial charge in [-0.1, -0.05) is 47.6 Å². The summed E-state index contributed by atoms with van der Waals surface area (Å²) >= 11 is 0. The SMILES string of the molecule is C[C@H](CNC(=O)C1=NO[C@@]2(CCN(C(=O)c3ccno3)C2)C1)c1ccccc1. The third-order valence-corrected chi connectivity index (χ3v) is 5.29. The Bertz CT molecular complexity index is 881. The molecule has 1 aromatic heterocycles. The third-order valence-electron chi connectivity index (χ3n) is 5.29. The molecule has 4 rings (SSSR count). The lowest BCUT2D eigenvalue weighted by atomic mass is 9.96. The van der Waals surface area contributed by atoms with E-state index in [0.717, 1.165) is 0 Å². The average Bonchev–Trinajstić information content (AvgIpc) is 3.48. The number of amides is 2. The topological polar surface area (TPSA) is 97.0 Å². The smallest absolute Gasteiger partial charge is 0.292 e. The number of likely N-dealkylation sites (tertiary alicyclic amines) is 1. The Hall–Kier alpha value is -3.16. The lowest BCUT2D eigenvalue weighted by Crippen LogP contribution is -2.39. The molecule has 2 amide bonds. The summed E-state index contributed by atoms with van der Waals surface area (Å²) in [5.74, 6) is -0.0559. The van der Waals surface area contributed by atoms with Gasteiger partial charge in [0.25, 0.3) is 11.8 Å². The summed E-state index contributed by atoms with van der Waals surface area (Å²) < 4.78 is 4.93. The van der Waals surface area contributed by atoms with Gasteiger partial charge in [0.15, 0.2) is 5.60 Å². The first-order valence-electron chi connectivity index (χ1n) is 9.34. The van der Waals surface area contributed by atoms with E-state index in [9.17, 15) is 9.59 Å². The normalized spacial score (nSPS) is 22.0. The fourth-order valence-electron chi connectivity index (χ4n) is 3.61. The summed E-state index contributed by atoms with van der Waals surface area (Å²) in [6, 6.07) is 11.6. The molecular weight excluding hydrogens is 360 g/mol. The van der Waals surface area contributed by atoms with Gasteiger partial charge in [-0.15, -0.1) is 0 Å². The molecule has 0 aliphatic carbocycles. The first-order chi connectivity index (χ1) is 13.6. The number of benzene rings is 1. The van der Waals surface area contributed by atoms with E-state index >= 15 is 0 Å². The lowest BCUT2D eigenvalue weighted by molar-refractivity contribution is -0.115. The molecular formula is C20H22N4O4. The molecule has 2 aliphatic heterocycles. The van der Waals surface area contributed by atoms with Crippen molar-refractivity contribution in [3.05, 3.63) is 53.9 Å². The molecule has 0 bridgehead atoms. The van der Waals surface area contributed by atoms with E-state index in [1.165, 1.54) is 17.8 Å². The predicted octanol–water partition coefficient (Wildman–Crippen LogP) is 1.96. The summed E-state index contributed by atoms with van der Waals surface area (Å²) in [7, 11) is 0. The van der Waals surface area contributed by atoms with Gasteiger partial charge in [-0.05, 0) is 11.5 Å². The molecule has 8 nitrogen and oxygen atoms in total. The molecule has 0 radical (unpaired) electrons. The van der Waals surface area contributed by atoms with Crippen molar-refractivity contribution in [2.24, 2.45) is 5.16 Å². The molecule has 8 heteroatoms. The highest BCUT2D eigenvalue weighted by atomic mass is 16.7. The minimum Gasteiger partial charge on any atom is -0.386 e. The van der Waals surface area contributed by atoms with Crippen LogP contribution in [0.2, 0.25) is 0 Å². The first kappa shape index (κ1) is 18.2. The monoisotopic (exact) mass is 382 g/mol. The predicted molar refractivity (Wildman–Crippen MR) is 101 cm³/mol. The van der Waals surface area contributed by atoms with Gasteiger partial charge in [-0.25, -0.2) is 0 Å². The molecule has 1 N–H and O–H groups in total. The second-order valence-electron chi connectivity index (χ2n) is 7.36. The van der Waals surface area contributed by atoms with Crippen LogP contribution < -0.4 is 5.32 Å². The standard InChI is InChI=1S/C20H22N4O4/c1-14(15-5-3-2-4-6-15)12-21-18(25)16-11-20(28-23-16)8-10-24(13-20)19(26)17-7-9-22-27-17/h2-7,9,14H,8,10-13H2,1H3,(H,21,25)/t14-,20+/m1/s1. The summed E-state index contributed by atoms with van der Waals surface area (Å²) in [5.41, 5.74) is 0.906. The molecule has 2 aromatic rings. The van der Waals surface area contributed by atoms with Gasteiger partial charge in [-0.2, -0.15) is 0 Å². The van der Waals surface area contributed by atoms with Crippen molar-refractivity contribution in [3.63, 3.8) is 0 Å². The second kappa shape index (κ2) is 7.46. The van der Waals surface area contributed by atoms with Gasteiger partial charge >= 0.3 is 0 Å². The fourth-order valence-corrected chi connectivity index (χ4v) is 3.61. The first-order valence-corrected chi connectivity index (χ1v) is 9.34. The van der Waals surface area contributed by atoms with Crippen LogP contribution in [0.3, 0.4) is 0 Å². The maximum Gasteiger partial charge on any atom is 0.292 e. The van der Waals surface area contributed by atoms with Crippen molar-refractivity contribution < 1.29 is 18.9 Å². The molecule has 1 saturated heterocycles. The number of carbonyl (C=O) groups excluding carboxylic acids is 2. The molecule has 146 valence electrons. The van der Waals surface area contributed by atoms with Gasteiger partial charge < -0.3 is 19.6 Å². The van der Waals surface area contributed by atoms with Gasteiger partial charge in [0, 0.05) is 32.0 Å². The van der Waals surface area contributed by atoms with Crippen molar-refractivity contribution in [1.82, 2.24) is 15.4 Å². The van der Waals surface area contributed by atoms with Crippen molar-refractivity contribution in [3.8, 4) is 0 Å². The molecule has 28 heavy (non-hydrogen) atoms. The largest absolute Gasteiger partial charge is 0.386 e. The van der Waals surface area contributed by atoms with Crippen LogP contribution in [-0.4, -0.2) is 52.8 Å². The van der Waals surface area contributed by atoms with Crippen LogP contribution >= 0.6 is 0 Å². The van der Waals surface area contributed by atoms with Crippen LogP contribution in [0.4, 0.5) is 0 Å². The van der Waals surface area contributed by atoms with E-state index in [2.05, 4.69) is 22.6 Å². The van der Waals surface area contributed by atoms with Crippen molar-refractivity contribution in [2.75, 3.05) is 19.6 Å². The highest BCUT2D eigenvalue weighted by molar-refractivity contribution is 6.39. The van der Waals surface area contributed by atoms with E-state index in [1.807, 2.05) is 30.3 Å². The number of hydrogen-bond donors (Lipinski definition) is 1. The average molecular weight is 382 g/mol. The van der Waals surface area contributed by atoms with E-state index in [1.54, 1.807) is 4.90 Å². The zero-order valence-corrected chi connectivity index (χ0v) is 15.6. The van der Waals surface area contributed by atoms with Crippen LogP contribution in [0.25, 0.3) is 0 Å². The molecule has 0 unspecified atom stereocenters. The molecule has 1 spiro atoms. The highest BCUT2D eigenvalue weighted by Crippen LogP contribution is 2.34. The van der Waals surface area contributed by atoms with Crippen molar-refractivity contribution >= 4 is 17.5 Å². The Labute approximate surface area is 162 Å². The van der Waals surface area contributed by atoms with Crippen LogP contribution in [0.15, 0.2) is 52.3 Å². The minimum absolute atomic E-state index is 0.198. The molecule has 1 aromatic carbocycles. The Morgan fingerprint density at radius 2 is 2.11 bits per heavy atom. The van der Waals surface area contributed by atoms with E-state index < -0.39 is 5.60 Å².